The third-order valence-corrected chi connectivity index (χ3v) is 10.4. The van der Waals surface area contributed by atoms with Gasteiger partial charge in [0.1, 0.15) is 5.82 Å². The topological polar surface area (TPSA) is 145 Å². The Balaban J connectivity index is 0.000000168. The molecule has 6 aromatic rings. The number of halogens is 2. The van der Waals surface area contributed by atoms with Crippen LogP contribution in [0.25, 0.3) is 22.5 Å². The molecule has 0 aliphatic heterocycles. The summed E-state index contributed by atoms with van der Waals surface area (Å²) < 4.78 is 0. The molecule has 2 atom stereocenters. The molecule has 8 rings (SSSR count). The third-order valence-electron chi connectivity index (χ3n) is 9.49. The Morgan fingerprint density at radius 2 is 1.17 bits per heavy atom. The van der Waals surface area contributed by atoms with E-state index in [1.54, 1.807) is 24.7 Å². The van der Waals surface area contributed by atoms with Crippen molar-refractivity contribution < 1.29 is 14.4 Å². The zero-order chi connectivity index (χ0) is 37.6. The van der Waals surface area contributed by atoms with Crippen LogP contribution in [0.4, 0.5) is 28.6 Å². The summed E-state index contributed by atoms with van der Waals surface area (Å²) in [7, 11) is 0. The van der Waals surface area contributed by atoms with Crippen LogP contribution >= 0.6 is 23.2 Å². The number of amides is 1. The summed E-state index contributed by atoms with van der Waals surface area (Å²) >= 11 is 12.1. The summed E-state index contributed by atoms with van der Waals surface area (Å²) in [4.78, 5) is 52.3. The highest BCUT2D eigenvalue weighted by molar-refractivity contribution is 6.19. The Bertz CT molecular complexity index is 2270. The molecule has 274 valence electrons. The first-order valence-corrected chi connectivity index (χ1v) is 18.8. The van der Waals surface area contributed by atoms with E-state index in [2.05, 4.69) is 35.9 Å². The van der Waals surface area contributed by atoms with E-state index >= 15 is 0 Å². The highest BCUT2D eigenvalue weighted by Gasteiger charge is 2.33. The normalized spacial score (nSPS) is 16.1. The molecule has 12 heteroatoms. The number of carbonyl (C=O) groups excluding carboxylic acids is 3. The summed E-state index contributed by atoms with van der Waals surface area (Å²) in [6, 6.07) is 27.1. The molecule has 2 aliphatic rings. The highest BCUT2D eigenvalue weighted by Crippen LogP contribution is 2.41. The second-order valence-electron chi connectivity index (χ2n) is 13.5. The first-order chi connectivity index (χ1) is 26.3. The molecule has 54 heavy (non-hydrogen) atoms. The average molecular weight is 761 g/mol. The van der Waals surface area contributed by atoms with Crippen molar-refractivity contribution in [3.05, 3.63) is 126 Å². The predicted molar refractivity (Wildman–Crippen MR) is 216 cm³/mol. The Kier molecular flexibility index (Phi) is 11.2. The largest absolute Gasteiger partial charge is 0.356 e. The molecular weight excluding hydrogens is 721 g/mol. The van der Waals surface area contributed by atoms with Gasteiger partial charge in [0.25, 0.3) is 0 Å². The number of benzene rings is 2. The number of fused-ring (bicyclic) bond motifs is 2. The van der Waals surface area contributed by atoms with Crippen LogP contribution in [-0.4, -0.2) is 49.2 Å². The van der Waals surface area contributed by atoms with Crippen molar-refractivity contribution in [2.75, 3.05) is 27.7 Å². The second kappa shape index (κ2) is 16.5. The van der Waals surface area contributed by atoms with E-state index in [1.807, 2.05) is 78.9 Å². The van der Waals surface area contributed by atoms with Crippen molar-refractivity contribution in [3.63, 3.8) is 0 Å². The van der Waals surface area contributed by atoms with Gasteiger partial charge in [-0.1, -0.05) is 36.4 Å². The number of aromatic amines is 2. The fourth-order valence-electron chi connectivity index (χ4n) is 7.06. The quantitative estimate of drug-likeness (QED) is 0.0924. The molecule has 4 heterocycles. The summed E-state index contributed by atoms with van der Waals surface area (Å²) in [6.07, 6.45) is 7.58. The van der Waals surface area contributed by atoms with Gasteiger partial charge in [0.05, 0.1) is 33.9 Å². The van der Waals surface area contributed by atoms with Crippen molar-refractivity contribution in [2.24, 2.45) is 11.8 Å². The van der Waals surface area contributed by atoms with Gasteiger partial charge in [0.2, 0.25) is 5.91 Å². The van der Waals surface area contributed by atoms with E-state index in [4.69, 9.17) is 23.2 Å². The molecule has 0 bridgehead atoms. The first-order valence-electron chi connectivity index (χ1n) is 17.8. The van der Waals surface area contributed by atoms with Crippen LogP contribution in [0.2, 0.25) is 0 Å². The summed E-state index contributed by atoms with van der Waals surface area (Å²) in [5.74, 6) is 1.74. The van der Waals surface area contributed by atoms with Gasteiger partial charge in [-0.3, -0.25) is 19.4 Å². The predicted octanol–water partition coefficient (Wildman–Crippen LogP) is 9.57. The van der Waals surface area contributed by atoms with Gasteiger partial charge in [-0.25, -0.2) is 4.98 Å². The van der Waals surface area contributed by atoms with Gasteiger partial charge in [-0.15, -0.1) is 23.2 Å². The Morgan fingerprint density at radius 3 is 1.65 bits per heavy atom. The lowest BCUT2D eigenvalue weighted by Gasteiger charge is -2.20. The number of carbonyl (C=O) groups is 3. The van der Waals surface area contributed by atoms with E-state index in [0.29, 0.717) is 36.0 Å². The van der Waals surface area contributed by atoms with E-state index < -0.39 is 0 Å². The molecule has 0 saturated carbocycles. The number of hydrogen-bond acceptors (Lipinski definition) is 7. The molecule has 0 fully saturated rings. The lowest BCUT2D eigenvalue weighted by Crippen LogP contribution is -2.21. The van der Waals surface area contributed by atoms with Crippen LogP contribution in [0.3, 0.4) is 0 Å². The molecule has 2 aromatic carbocycles. The van der Waals surface area contributed by atoms with E-state index in [9.17, 15) is 14.4 Å². The SMILES string of the molecule is CC(=O)Nc1cc(-c2[nH]c3c(c2Nc2ccccc2)C(=O)CC(CCl)C3)ccn1.O=C1CC(CCl)Cc2[nH]c(-c3ccncc3)c(Nc3ccccc3)c21. The number of aromatic nitrogens is 4. The molecular formula is C42H39Cl2N7O3. The molecule has 2 unspecified atom stereocenters. The van der Waals surface area contributed by atoms with Gasteiger partial charge < -0.3 is 25.9 Å². The van der Waals surface area contributed by atoms with Crippen LogP contribution in [0.1, 0.15) is 51.9 Å². The maximum atomic E-state index is 12.9. The number of nitrogens with zero attached hydrogens (tertiary/aromatic N) is 2. The number of ketones is 2. The highest BCUT2D eigenvalue weighted by atomic mass is 35.5. The van der Waals surface area contributed by atoms with Gasteiger partial charge in [-0.05, 0) is 73.2 Å². The van der Waals surface area contributed by atoms with Crippen molar-refractivity contribution in [1.82, 2.24) is 19.9 Å². The minimum absolute atomic E-state index is 0.0778. The van der Waals surface area contributed by atoms with Crippen molar-refractivity contribution in [3.8, 4) is 22.5 Å². The first kappa shape index (κ1) is 36.6. The number of alkyl halides is 2. The molecule has 0 radical (unpaired) electrons. The van der Waals surface area contributed by atoms with Crippen molar-refractivity contribution in [2.45, 2.75) is 32.6 Å². The number of nitrogens with one attached hydrogen (secondary N) is 5. The fourth-order valence-corrected chi connectivity index (χ4v) is 7.50. The van der Waals surface area contributed by atoms with Crippen LogP contribution in [0.5, 0.6) is 0 Å². The van der Waals surface area contributed by atoms with Gasteiger partial charge in [0.15, 0.2) is 11.6 Å². The van der Waals surface area contributed by atoms with Crippen molar-refractivity contribution >= 4 is 69.2 Å². The second-order valence-corrected chi connectivity index (χ2v) is 14.1. The summed E-state index contributed by atoms with van der Waals surface area (Å²) in [6.45, 7) is 1.44. The molecule has 2 aliphatic carbocycles. The molecule has 0 saturated heterocycles. The maximum Gasteiger partial charge on any atom is 0.222 e. The third kappa shape index (κ3) is 8.10. The van der Waals surface area contributed by atoms with Crippen LogP contribution < -0.4 is 16.0 Å². The monoisotopic (exact) mass is 759 g/mol. The Hall–Kier alpha value is -5.71. The molecule has 10 nitrogen and oxygen atoms in total. The van der Waals surface area contributed by atoms with Gasteiger partial charge in [0, 0.05) is 84.0 Å². The number of para-hydroxylation sites is 2. The fraction of sp³-hybridized carbons (Fsp3) is 0.214. The smallest absolute Gasteiger partial charge is 0.222 e. The molecule has 4 aromatic heterocycles. The van der Waals surface area contributed by atoms with E-state index in [1.165, 1.54) is 6.92 Å². The zero-order valence-corrected chi connectivity index (χ0v) is 31.1. The van der Waals surface area contributed by atoms with Gasteiger partial charge >= 0.3 is 0 Å². The van der Waals surface area contributed by atoms with Gasteiger partial charge in [-0.2, -0.15) is 0 Å². The van der Waals surface area contributed by atoms with Crippen LogP contribution in [0.15, 0.2) is 104 Å². The molecule has 0 spiro atoms. The minimum atomic E-state index is -0.191. The Morgan fingerprint density at radius 1 is 0.685 bits per heavy atom. The average Bonchev–Trinajstić information content (AvgIpc) is 3.74. The number of Topliss-reactive ketones (excluding diaryl/α,β-unsaturated/α-hetero) is 2. The lowest BCUT2D eigenvalue weighted by molar-refractivity contribution is -0.114. The molecule has 5 N–H and O–H groups in total. The van der Waals surface area contributed by atoms with E-state index in [0.717, 1.165) is 75.1 Å². The van der Waals surface area contributed by atoms with E-state index in [-0.39, 0.29) is 29.3 Å². The number of anilines is 5. The number of H-pyrrole nitrogens is 2. The Labute approximate surface area is 323 Å². The van der Waals surface area contributed by atoms with Crippen LogP contribution in [0, 0.1) is 11.8 Å². The molecule has 1 amide bonds. The number of rotatable bonds is 9. The summed E-state index contributed by atoms with van der Waals surface area (Å²) in [5, 5.41) is 9.55. The minimum Gasteiger partial charge on any atom is -0.356 e. The van der Waals surface area contributed by atoms with Crippen LogP contribution in [-0.2, 0) is 17.6 Å². The van der Waals surface area contributed by atoms with Crippen molar-refractivity contribution in [1.29, 1.82) is 0 Å². The lowest BCUT2D eigenvalue weighted by atomic mass is 9.87. The number of pyridine rings is 2. The maximum absolute atomic E-state index is 12.9. The standard InChI is InChI=1S/C22H21ClN4O2.C20H18ClN3O/c1-13(28)25-19-11-15(7-8-24-19)21-22(26-16-5-3-2-4-6-16)20-17(27-21)9-14(12-23)10-18(20)29;21-12-13-10-16-18(17(25)11-13)20(23-15-4-2-1-3-5-15)19(24-16)14-6-8-22-9-7-14/h2-8,11,14,26-27H,9-10,12H2,1H3,(H,24,25,28);1-9,13,23-24H,10-12H2. The zero-order valence-electron chi connectivity index (χ0n) is 29.6. The number of hydrogen-bond donors (Lipinski definition) is 5. The summed E-state index contributed by atoms with van der Waals surface area (Å²) in [5.41, 5.74) is 10.2.